The molecule has 0 aromatic heterocycles. The molecule has 0 aliphatic heterocycles. The van der Waals surface area contributed by atoms with Crippen LogP contribution in [0.1, 0.15) is 33.6 Å². The Morgan fingerprint density at radius 3 is 2.31 bits per heavy atom. The highest BCUT2D eigenvalue weighted by Crippen LogP contribution is 2.16. The van der Waals surface area contributed by atoms with Crippen molar-refractivity contribution >= 4 is 12.1 Å². The summed E-state index contributed by atoms with van der Waals surface area (Å²) in [5, 5.41) is 9.56. The van der Waals surface area contributed by atoms with Gasteiger partial charge >= 0.3 is 0 Å². The largest absolute Gasteiger partial charge is 0.392 e. The smallest absolute Gasteiger partial charge is 0.129 e. The summed E-state index contributed by atoms with van der Waals surface area (Å²) in [6, 6.07) is 0. The third-order valence-electron chi connectivity index (χ3n) is 2.13. The average molecular weight is 186 g/mol. The minimum absolute atomic E-state index is 0.0576. The molecule has 0 aliphatic rings. The summed E-state index contributed by atoms with van der Waals surface area (Å²) in [4.78, 5) is 21.3. The van der Waals surface area contributed by atoms with Gasteiger partial charge in [0.2, 0.25) is 0 Å². The summed E-state index contributed by atoms with van der Waals surface area (Å²) in [7, 11) is 0. The third-order valence-corrected chi connectivity index (χ3v) is 2.13. The van der Waals surface area contributed by atoms with Gasteiger partial charge in [0.05, 0.1) is 6.10 Å². The van der Waals surface area contributed by atoms with Crippen molar-refractivity contribution in [1.29, 1.82) is 0 Å². The molecule has 0 aromatic carbocycles. The van der Waals surface area contributed by atoms with Gasteiger partial charge in [-0.05, 0) is 19.3 Å². The Bertz CT molecular complexity index is 175. The molecule has 2 unspecified atom stereocenters. The van der Waals surface area contributed by atoms with Crippen LogP contribution in [0.5, 0.6) is 0 Å². The second kappa shape index (κ2) is 5.86. The molecule has 0 rings (SSSR count). The van der Waals surface area contributed by atoms with Gasteiger partial charge < -0.3 is 14.7 Å². The zero-order valence-electron chi connectivity index (χ0n) is 8.49. The average Bonchev–Trinajstić information content (AvgIpc) is 2.04. The van der Waals surface area contributed by atoms with Crippen LogP contribution in [-0.2, 0) is 9.59 Å². The van der Waals surface area contributed by atoms with Crippen molar-refractivity contribution in [3.63, 3.8) is 0 Å². The Labute approximate surface area is 79.1 Å². The molecular formula is C10H18O3. The second-order valence-corrected chi connectivity index (χ2v) is 3.78. The van der Waals surface area contributed by atoms with Crippen molar-refractivity contribution in [2.45, 2.75) is 39.7 Å². The van der Waals surface area contributed by atoms with Crippen molar-refractivity contribution in [3.05, 3.63) is 0 Å². The Morgan fingerprint density at radius 2 is 2.00 bits per heavy atom. The fourth-order valence-corrected chi connectivity index (χ4v) is 1.18. The molecule has 0 fully saturated rings. The van der Waals surface area contributed by atoms with Gasteiger partial charge in [-0.3, -0.25) is 0 Å². The fourth-order valence-electron chi connectivity index (χ4n) is 1.18. The van der Waals surface area contributed by atoms with Gasteiger partial charge in [0.25, 0.3) is 0 Å². The predicted molar refractivity (Wildman–Crippen MR) is 50.3 cm³/mol. The number of carbonyl (C=O) groups excluding carboxylic acids is 2. The third kappa shape index (κ3) is 4.78. The van der Waals surface area contributed by atoms with Crippen molar-refractivity contribution in [3.8, 4) is 0 Å². The van der Waals surface area contributed by atoms with E-state index in [-0.39, 0.29) is 11.7 Å². The maximum Gasteiger partial charge on any atom is 0.129 e. The lowest BCUT2D eigenvalue weighted by Gasteiger charge is -2.20. The molecule has 0 radical (unpaired) electrons. The van der Waals surface area contributed by atoms with Crippen molar-refractivity contribution in [2.24, 2.45) is 11.8 Å². The molecule has 0 aliphatic carbocycles. The van der Waals surface area contributed by atoms with E-state index in [9.17, 15) is 14.7 Å². The monoisotopic (exact) mass is 186 g/mol. The summed E-state index contributed by atoms with van der Waals surface area (Å²) in [5.74, 6) is -0.283. The number of hydrogen-bond donors (Lipinski definition) is 1. The number of carbonyl (C=O) groups is 2. The number of Topliss-reactive ketones (excluding diaryl/α,β-unsaturated/α-hetero) is 1. The second-order valence-electron chi connectivity index (χ2n) is 3.78. The SMILES string of the molecule is CC(=O)CCC(C=O)C(O)C(C)C. The number of rotatable bonds is 6. The van der Waals surface area contributed by atoms with Gasteiger partial charge in [0, 0.05) is 12.3 Å². The molecule has 2 atom stereocenters. The van der Waals surface area contributed by atoms with Crippen LogP contribution in [0.2, 0.25) is 0 Å². The first-order valence-electron chi connectivity index (χ1n) is 4.61. The molecule has 0 bridgehead atoms. The molecule has 1 N–H and O–H groups in total. The quantitative estimate of drug-likeness (QED) is 0.634. The van der Waals surface area contributed by atoms with Gasteiger partial charge in [0.15, 0.2) is 0 Å². The van der Waals surface area contributed by atoms with Crippen LogP contribution in [-0.4, -0.2) is 23.3 Å². The Balaban J connectivity index is 4.02. The Morgan fingerprint density at radius 1 is 1.46 bits per heavy atom. The van der Waals surface area contributed by atoms with Gasteiger partial charge in [-0.2, -0.15) is 0 Å². The highest BCUT2D eigenvalue weighted by molar-refractivity contribution is 5.75. The molecule has 0 saturated heterocycles. The van der Waals surface area contributed by atoms with Crippen LogP contribution < -0.4 is 0 Å². The number of aliphatic hydroxyl groups is 1. The fraction of sp³-hybridized carbons (Fsp3) is 0.800. The topological polar surface area (TPSA) is 54.4 Å². The van der Waals surface area contributed by atoms with E-state index in [4.69, 9.17) is 0 Å². The van der Waals surface area contributed by atoms with E-state index < -0.39 is 12.0 Å². The van der Waals surface area contributed by atoms with Crippen LogP contribution in [0.25, 0.3) is 0 Å². The first-order valence-corrected chi connectivity index (χ1v) is 4.61. The van der Waals surface area contributed by atoms with Crippen LogP contribution >= 0.6 is 0 Å². The number of hydrogen-bond acceptors (Lipinski definition) is 3. The summed E-state index contributed by atoms with van der Waals surface area (Å²) in [5.41, 5.74) is 0. The summed E-state index contributed by atoms with van der Waals surface area (Å²) < 4.78 is 0. The zero-order valence-corrected chi connectivity index (χ0v) is 8.49. The lowest BCUT2D eigenvalue weighted by Crippen LogP contribution is -2.27. The van der Waals surface area contributed by atoms with E-state index in [1.54, 1.807) is 0 Å². The summed E-state index contributed by atoms with van der Waals surface area (Å²) >= 11 is 0. The van der Waals surface area contributed by atoms with Crippen molar-refractivity contribution in [2.75, 3.05) is 0 Å². The summed E-state index contributed by atoms with van der Waals surface area (Å²) in [6.45, 7) is 5.20. The minimum atomic E-state index is -0.628. The first-order chi connectivity index (χ1) is 5.99. The van der Waals surface area contributed by atoms with Crippen LogP contribution in [0, 0.1) is 11.8 Å². The van der Waals surface area contributed by atoms with Gasteiger partial charge in [-0.25, -0.2) is 0 Å². The molecule has 0 amide bonds. The normalized spacial score (nSPS) is 15.5. The van der Waals surface area contributed by atoms with Gasteiger partial charge in [-0.15, -0.1) is 0 Å². The van der Waals surface area contributed by atoms with E-state index in [0.29, 0.717) is 12.8 Å². The zero-order chi connectivity index (χ0) is 10.4. The van der Waals surface area contributed by atoms with E-state index in [0.717, 1.165) is 6.29 Å². The maximum absolute atomic E-state index is 10.7. The van der Waals surface area contributed by atoms with E-state index in [2.05, 4.69) is 0 Å². The maximum atomic E-state index is 10.7. The van der Waals surface area contributed by atoms with E-state index in [1.807, 2.05) is 13.8 Å². The van der Waals surface area contributed by atoms with E-state index in [1.165, 1.54) is 6.92 Å². The lowest BCUT2D eigenvalue weighted by molar-refractivity contribution is -0.119. The molecule has 0 aromatic rings. The number of aldehydes is 1. The molecule has 0 heterocycles. The first kappa shape index (κ1) is 12.3. The van der Waals surface area contributed by atoms with Crippen LogP contribution in [0.4, 0.5) is 0 Å². The summed E-state index contributed by atoms with van der Waals surface area (Å²) in [6.07, 6.45) is 0.941. The Hall–Kier alpha value is -0.700. The molecule has 76 valence electrons. The van der Waals surface area contributed by atoms with E-state index >= 15 is 0 Å². The molecule has 13 heavy (non-hydrogen) atoms. The predicted octanol–water partition coefficient (Wildman–Crippen LogP) is 1.19. The molecule has 0 saturated carbocycles. The molecule has 3 nitrogen and oxygen atoms in total. The minimum Gasteiger partial charge on any atom is -0.392 e. The van der Waals surface area contributed by atoms with Gasteiger partial charge in [0.1, 0.15) is 12.1 Å². The van der Waals surface area contributed by atoms with Crippen molar-refractivity contribution < 1.29 is 14.7 Å². The lowest BCUT2D eigenvalue weighted by atomic mass is 9.90. The molecule has 3 heteroatoms. The van der Waals surface area contributed by atoms with Gasteiger partial charge in [-0.1, -0.05) is 13.8 Å². The number of ketones is 1. The molecular weight excluding hydrogens is 168 g/mol. The highest BCUT2D eigenvalue weighted by atomic mass is 16.3. The van der Waals surface area contributed by atoms with Crippen LogP contribution in [0.3, 0.4) is 0 Å². The highest BCUT2D eigenvalue weighted by Gasteiger charge is 2.21. The number of aliphatic hydroxyl groups excluding tert-OH is 1. The Kier molecular flexibility index (Phi) is 5.55. The molecule has 0 spiro atoms. The van der Waals surface area contributed by atoms with Crippen molar-refractivity contribution in [1.82, 2.24) is 0 Å². The standard InChI is InChI=1S/C10H18O3/c1-7(2)10(13)9(6-11)5-4-8(3)12/h6-7,9-10,13H,4-5H2,1-3H3. The van der Waals surface area contributed by atoms with Crippen LogP contribution in [0.15, 0.2) is 0 Å².